The molecule has 4 aromatic rings. The molecule has 0 bridgehead atoms. The van der Waals surface area contributed by atoms with Crippen molar-refractivity contribution in [2.24, 2.45) is 17.8 Å². The molecule has 0 radical (unpaired) electrons. The summed E-state index contributed by atoms with van der Waals surface area (Å²) in [5, 5.41) is 5.99. The van der Waals surface area contributed by atoms with Gasteiger partial charge in [-0.25, -0.2) is 9.97 Å². The van der Waals surface area contributed by atoms with Crippen molar-refractivity contribution in [3.8, 4) is 10.4 Å². The van der Waals surface area contributed by atoms with Crippen LogP contribution in [0.1, 0.15) is 63.9 Å². The van der Waals surface area contributed by atoms with Crippen LogP contribution in [0.4, 0.5) is 0 Å². The van der Waals surface area contributed by atoms with Gasteiger partial charge in [-0.3, -0.25) is 14.0 Å². The number of nitrogens with one attached hydrogen (secondary N) is 1. The summed E-state index contributed by atoms with van der Waals surface area (Å²) >= 11 is 3.09. The molecule has 1 aromatic carbocycles. The second-order valence-electron chi connectivity index (χ2n) is 10.8. The molecule has 0 spiro atoms. The van der Waals surface area contributed by atoms with Gasteiger partial charge in [-0.15, -0.1) is 22.7 Å². The maximum absolute atomic E-state index is 14.1. The van der Waals surface area contributed by atoms with Crippen molar-refractivity contribution in [3.63, 3.8) is 0 Å². The van der Waals surface area contributed by atoms with E-state index in [1.807, 2.05) is 34.7 Å². The van der Waals surface area contributed by atoms with Crippen LogP contribution in [-0.4, -0.2) is 50.2 Å². The quantitative estimate of drug-likeness (QED) is 0.340. The fourth-order valence-electron chi connectivity index (χ4n) is 6.48. The zero-order valence-electron chi connectivity index (χ0n) is 22.2. The summed E-state index contributed by atoms with van der Waals surface area (Å²) in [5.41, 5.74) is 4.13. The van der Waals surface area contributed by atoms with Crippen molar-refractivity contribution < 1.29 is 9.59 Å². The van der Waals surface area contributed by atoms with Crippen molar-refractivity contribution in [3.05, 3.63) is 63.5 Å². The summed E-state index contributed by atoms with van der Waals surface area (Å²) in [5.74, 6) is 1.32. The summed E-state index contributed by atoms with van der Waals surface area (Å²) in [7, 11) is 0. The third-order valence-corrected chi connectivity index (χ3v) is 10.0. The first-order valence-electron chi connectivity index (χ1n) is 13.4. The number of thiazole rings is 2. The van der Waals surface area contributed by atoms with Gasteiger partial charge in [0.05, 0.1) is 21.6 Å². The van der Waals surface area contributed by atoms with Crippen molar-refractivity contribution >= 4 is 39.4 Å². The molecule has 9 heteroatoms. The average Bonchev–Trinajstić information content (AvgIpc) is 3.70. The fraction of sp³-hybridized carbons (Fsp3) is 0.448. The second-order valence-corrected chi connectivity index (χ2v) is 12.9. The highest BCUT2D eigenvalue weighted by Gasteiger charge is 2.48. The molecule has 38 heavy (non-hydrogen) atoms. The topological polar surface area (TPSA) is 79.6 Å². The molecule has 7 nitrogen and oxygen atoms in total. The summed E-state index contributed by atoms with van der Waals surface area (Å²) in [6, 6.07) is 8.40. The van der Waals surface area contributed by atoms with E-state index in [2.05, 4.69) is 48.4 Å². The fourth-order valence-corrected chi connectivity index (χ4v) is 8.16. The van der Waals surface area contributed by atoms with Crippen LogP contribution in [0.2, 0.25) is 0 Å². The zero-order chi connectivity index (χ0) is 26.6. The number of aryl methyl sites for hydroxylation is 3. The minimum Gasteiger partial charge on any atom is -0.349 e. The molecule has 1 unspecified atom stereocenters. The molecule has 4 atom stereocenters. The van der Waals surface area contributed by atoms with Gasteiger partial charge in [0.1, 0.15) is 11.4 Å². The molecule has 1 saturated carbocycles. The zero-order valence-corrected chi connectivity index (χ0v) is 23.9. The number of carbonyl (C=O) groups is 2. The van der Waals surface area contributed by atoms with Gasteiger partial charge in [0.15, 0.2) is 4.96 Å². The molecule has 2 fully saturated rings. The van der Waals surface area contributed by atoms with Crippen molar-refractivity contribution in [2.45, 2.75) is 53.0 Å². The van der Waals surface area contributed by atoms with E-state index in [1.165, 1.54) is 16.9 Å². The highest BCUT2D eigenvalue weighted by Crippen LogP contribution is 2.46. The van der Waals surface area contributed by atoms with Crippen LogP contribution >= 0.6 is 22.7 Å². The number of likely N-dealkylation sites (tertiary alicyclic amines) is 1. The van der Waals surface area contributed by atoms with Gasteiger partial charge in [0.25, 0.3) is 11.8 Å². The van der Waals surface area contributed by atoms with Crippen molar-refractivity contribution in [1.82, 2.24) is 24.6 Å². The number of benzene rings is 1. The van der Waals surface area contributed by atoms with Crippen molar-refractivity contribution in [1.29, 1.82) is 0 Å². The number of hydrogen-bond acceptors (Lipinski definition) is 6. The number of fused-ring (bicyclic) bond motifs is 2. The lowest BCUT2D eigenvalue weighted by Gasteiger charge is -2.28. The van der Waals surface area contributed by atoms with Crippen LogP contribution in [0.5, 0.6) is 0 Å². The molecule has 2 amide bonds. The molecular formula is C29H33N5O2S2. The van der Waals surface area contributed by atoms with Crippen LogP contribution in [0.3, 0.4) is 0 Å². The number of hydrogen-bond donors (Lipinski definition) is 1. The van der Waals surface area contributed by atoms with Crippen LogP contribution < -0.4 is 5.32 Å². The lowest BCUT2D eigenvalue weighted by molar-refractivity contribution is 0.0692. The molecule has 198 valence electrons. The summed E-state index contributed by atoms with van der Waals surface area (Å²) < 4.78 is 1.85. The van der Waals surface area contributed by atoms with Gasteiger partial charge in [-0.2, -0.15) is 0 Å². The first-order valence-corrected chi connectivity index (χ1v) is 15.1. The molecule has 3 aromatic heterocycles. The van der Waals surface area contributed by atoms with Crippen LogP contribution in [0, 0.1) is 31.6 Å². The lowest BCUT2D eigenvalue weighted by atomic mass is 9.93. The monoisotopic (exact) mass is 547 g/mol. The first kappa shape index (κ1) is 25.2. The Balaban J connectivity index is 1.27. The predicted octanol–water partition coefficient (Wildman–Crippen LogP) is 5.62. The van der Waals surface area contributed by atoms with Gasteiger partial charge < -0.3 is 10.2 Å². The molecular weight excluding hydrogens is 514 g/mol. The highest BCUT2D eigenvalue weighted by molar-refractivity contribution is 7.15. The Hall–Kier alpha value is -3.04. The number of carbonyl (C=O) groups excluding carboxylic acids is 2. The minimum absolute atomic E-state index is 0.0222. The Morgan fingerprint density at radius 2 is 1.92 bits per heavy atom. The highest BCUT2D eigenvalue weighted by atomic mass is 32.1. The Kier molecular flexibility index (Phi) is 6.60. The Morgan fingerprint density at radius 1 is 1.13 bits per heavy atom. The second kappa shape index (κ2) is 9.93. The van der Waals surface area contributed by atoms with Gasteiger partial charge in [-0.05, 0) is 62.0 Å². The number of rotatable bonds is 6. The van der Waals surface area contributed by atoms with E-state index in [9.17, 15) is 9.59 Å². The smallest absolute Gasteiger partial charge is 0.274 e. The SMILES string of the molecule is CCc1ccc(-c2sc(C)nc2C(=O)N2C[C@@H]3CC(C)C[C@@H]3[C@H]2CNC(=O)c2c(C)nc3sccn23)cc1. The Morgan fingerprint density at radius 3 is 2.68 bits per heavy atom. The van der Waals surface area contributed by atoms with E-state index in [4.69, 9.17) is 4.98 Å². The van der Waals surface area contributed by atoms with Crippen LogP contribution in [-0.2, 0) is 6.42 Å². The van der Waals surface area contributed by atoms with Crippen LogP contribution in [0.15, 0.2) is 35.8 Å². The molecule has 6 rings (SSSR count). The van der Waals surface area contributed by atoms with E-state index in [0.717, 1.165) is 51.9 Å². The maximum Gasteiger partial charge on any atom is 0.274 e. The van der Waals surface area contributed by atoms with Gasteiger partial charge in [-0.1, -0.05) is 38.1 Å². The molecule has 1 N–H and O–H groups in total. The number of imidazole rings is 1. The maximum atomic E-state index is 14.1. The van der Waals surface area contributed by atoms with E-state index in [-0.39, 0.29) is 17.9 Å². The van der Waals surface area contributed by atoms with E-state index in [0.29, 0.717) is 35.7 Å². The molecule has 1 saturated heterocycles. The number of aromatic nitrogens is 3. The Labute approximate surface area is 230 Å². The van der Waals surface area contributed by atoms with E-state index >= 15 is 0 Å². The average molecular weight is 548 g/mol. The normalized spacial score (nSPS) is 22.8. The molecule has 1 aliphatic heterocycles. The first-order chi connectivity index (χ1) is 18.3. The van der Waals surface area contributed by atoms with Crippen LogP contribution in [0.25, 0.3) is 15.4 Å². The predicted molar refractivity (Wildman–Crippen MR) is 152 cm³/mol. The number of nitrogens with zero attached hydrogens (tertiary/aromatic N) is 4. The largest absolute Gasteiger partial charge is 0.349 e. The number of amides is 2. The summed E-state index contributed by atoms with van der Waals surface area (Å²) in [6.45, 7) is 9.42. The Bertz CT molecular complexity index is 1500. The lowest BCUT2D eigenvalue weighted by Crippen LogP contribution is -2.46. The standard InChI is InChI=1S/C29H33N5O2S2/c1-5-19-6-8-20(9-7-19)26-24(32-18(4)38-26)28(36)34-15-21-12-16(2)13-22(21)23(34)14-30-27(35)25-17(3)31-29-33(25)10-11-37-29/h6-11,16,21-23H,5,12-15H2,1-4H3,(H,30,35)/t16?,21-,22-,23+/m0/s1. The molecule has 2 aliphatic rings. The third-order valence-electron chi connectivity index (χ3n) is 8.26. The van der Waals surface area contributed by atoms with E-state index in [1.54, 1.807) is 11.3 Å². The summed E-state index contributed by atoms with van der Waals surface area (Å²) in [4.78, 5) is 40.4. The third kappa shape index (κ3) is 4.35. The summed E-state index contributed by atoms with van der Waals surface area (Å²) in [6.07, 6.45) is 5.07. The molecule has 1 aliphatic carbocycles. The van der Waals surface area contributed by atoms with Gasteiger partial charge in [0.2, 0.25) is 0 Å². The van der Waals surface area contributed by atoms with Gasteiger partial charge in [0, 0.05) is 24.7 Å². The van der Waals surface area contributed by atoms with Crippen molar-refractivity contribution in [2.75, 3.05) is 13.1 Å². The van der Waals surface area contributed by atoms with E-state index < -0.39 is 0 Å². The minimum atomic E-state index is -0.142. The van der Waals surface area contributed by atoms with Gasteiger partial charge >= 0.3 is 0 Å². The molecule has 4 heterocycles.